The first kappa shape index (κ1) is 14.8. The fraction of sp³-hybridized carbons (Fsp3) is 0.429. The molecule has 0 radical (unpaired) electrons. The molecule has 1 rings (SSSR count). The molecule has 0 saturated carbocycles. The van der Waals surface area contributed by atoms with Crippen LogP contribution in [0, 0.1) is 11.6 Å². The van der Waals surface area contributed by atoms with Crippen molar-refractivity contribution in [1.82, 2.24) is 5.32 Å². The van der Waals surface area contributed by atoms with E-state index < -0.39 is 11.6 Å². The van der Waals surface area contributed by atoms with Crippen LogP contribution in [-0.4, -0.2) is 26.8 Å². The van der Waals surface area contributed by atoms with Crippen LogP contribution in [0.3, 0.4) is 0 Å². The number of hydrogen-bond acceptors (Lipinski definition) is 2. The van der Waals surface area contributed by atoms with E-state index in [0.717, 1.165) is 24.6 Å². The molecule has 1 aromatic carbocycles. The van der Waals surface area contributed by atoms with E-state index in [1.54, 1.807) is 7.11 Å². The average molecular weight is 255 g/mol. The highest BCUT2D eigenvalue weighted by molar-refractivity contribution is 5.53. The van der Waals surface area contributed by atoms with Crippen LogP contribution in [0.25, 0.3) is 6.08 Å². The van der Waals surface area contributed by atoms with Gasteiger partial charge in [0.1, 0.15) is 11.6 Å². The molecule has 4 heteroatoms. The lowest BCUT2D eigenvalue weighted by molar-refractivity contribution is 0.200. The number of hydrogen-bond donors (Lipinski definition) is 1. The lowest BCUT2D eigenvalue weighted by atomic mass is 10.1. The Morgan fingerprint density at radius 1 is 1.28 bits per heavy atom. The number of benzene rings is 1. The van der Waals surface area contributed by atoms with Crippen molar-refractivity contribution in [3.8, 4) is 0 Å². The standard InChI is InChI=1S/C14H19F2NO/c1-3-11(10-17-4-5-18-2)6-12-7-13(15)9-14(16)8-12/h6-9,17H,3-5,10H2,1-2H3/b11-6-. The molecule has 1 N–H and O–H groups in total. The van der Waals surface area contributed by atoms with Gasteiger partial charge in [0, 0.05) is 26.3 Å². The summed E-state index contributed by atoms with van der Waals surface area (Å²) in [6.07, 6.45) is 2.64. The summed E-state index contributed by atoms with van der Waals surface area (Å²) in [7, 11) is 1.65. The van der Waals surface area contributed by atoms with Crippen molar-refractivity contribution in [1.29, 1.82) is 0 Å². The first-order valence-electron chi connectivity index (χ1n) is 6.01. The maximum absolute atomic E-state index is 13.0. The fourth-order valence-corrected chi connectivity index (χ4v) is 1.60. The van der Waals surface area contributed by atoms with Crippen LogP contribution in [0.5, 0.6) is 0 Å². The van der Waals surface area contributed by atoms with Gasteiger partial charge in [-0.2, -0.15) is 0 Å². The summed E-state index contributed by atoms with van der Waals surface area (Å²) in [5.74, 6) is -1.10. The maximum atomic E-state index is 13.0. The highest BCUT2D eigenvalue weighted by atomic mass is 19.1. The molecule has 0 aliphatic heterocycles. The van der Waals surface area contributed by atoms with Gasteiger partial charge in [0.2, 0.25) is 0 Å². The molecule has 0 aromatic heterocycles. The van der Waals surface area contributed by atoms with E-state index in [-0.39, 0.29) is 0 Å². The normalized spacial score (nSPS) is 11.9. The third-order valence-electron chi connectivity index (χ3n) is 2.54. The second-order valence-corrected chi connectivity index (χ2v) is 4.03. The second kappa shape index (κ2) is 7.95. The SMILES string of the molecule is CC/C(=C/c1cc(F)cc(F)c1)CNCCOC. The molecule has 2 nitrogen and oxygen atoms in total. The van der Waals surface area contributed by atoms with Crippen molar-refractivity contribution in [2.75, 3.05) is 26.8 Å². The molecule has 0 fully saturated rings. The first-order valence-corrected chi connectivity index (χ1v) is 6.01. The highest BCUT2D eigenvalue weighted by Gasteiger charge is 2.00. The van der Waals surface area contributed by atoms with Crippen LogP contribution >= 0.6 is 0 Å². The monoisotopic (exact) mass is 255 g/mol. The number of methoxy groups -OCH3 is 1. The summed E-state index contributed by atoms with van der Waals surface area (Å²) < 4.78 is 31.0. The Kier molecular flexibility index (Phi) is 6.54. The van der Waals surface area contributed by atoms with Gasteiger partial charge in [-0.25, -0.2) is 8.78 Å². The Balaban J connectivity index is 2.65. The minimum Gasteiger partial charge on any atom is -0.383 e. The average Bonchev–Trinajstić information content (AvgIpc) is 2.32. The minimum atomic E-state index is -0.552. The van der Waals surface area contributed by atoms with Crippen molar-refractivity contribution in [2.24, 2.45) is 0 Å². The Morgan fingerprint density at radius 2 is 1.94 bits per heavy atom. The molecule has 100 valence electrons. The lowest BCUT2D eigenvalue weighted by Gasteiger charge is -2.07. The van der Waals surface area contributed by atoms with Gasteiger partial charge in [-0.05, 0) is 24.1 Å². The minimum absolute atomic E-state index is 0.552. The molecule has 0 aliphatic carbocycles. The summed E-state index contributed by atoms with van der Waals surface area (Å²) in [6, 6.07) is 3.53. The highest BCUT2D eigenvalue weighted by Crippen LogP contribution is 2.13. The van der Waals surface area contributed by atoms with E-state index in [0.29, 0.717) is 18.7 Å². The molecule has 0 amide bonds. The van der Waals surface area contributed by atoms with Crippen LogP contribution in [0.15, 0.2) is 23.8 Å². The van der Waals surface area contributed by atoms with Crippen molar-refractivity contribution in [2.45, 2.75) is 13.3 Å². The van der Waals surface area contributed by atoms with Crippen LogP contribution in [0.4, 0.5) is 8.78 Å². The predicted octanol–water partition coefficient (Wildman–Crippen LogP) is 2.99. The number of ether oxygens (including phenoxy) is 1. The van der Waals surface area contributed by atoms with Crippen LogP contribution in [0.2, 0.25) is 0 Å². The number of nitrogens with one attached hydrogen (secondary N) is 1. The molecular formula is C14H19F2NO. The molecule has 0 heterocycles. The smallest absolute Gasteiger partial charge is 0.126 e. The van der Waals surface area contributed by atoms with Gasteiger partial charge >= 0.3 is 0 Å². The first-order chi connectivity index (χ1) is 8.65. The van der Waals surface area contributed by atoms with E-state index in [4.69, 9.17) is 4.74 Å². The third-order valence-corrected chi connectivity index (χ3v) is 2.54. The van der Waals surface area contributed by atoms with Crippen LogP contribution in [-0.2, 0) is 4.74 Å². The zero-order valence-electron chi connectivity index (χ0n) is 10.8. The molecule has 0 aliphatic rings. The van der Waals surface area contributed by atoms with Crippen molar-refractivity contribution < 1.29 is 13.5 Å². The van der Waals surface area contributed by atoms with Gasteiger partial charge in [-0.1, -0.05) is 18.6 Å². The summed E-state index contributed by atoms with van der Waals surface area (Å²) in [5, 5.41) is 3.21. The molecule has 0 saturated heterocycles. The third kappa shape index (κ3) is 5.38. The van der Waals surface area contributed by atoms with Crippen molar-refractivity contribution in [3.05, 3.63) is 41.0 Å². The fourth-order valence-electron chi connectivity index (χ4n) is 1.60. The van der Waals surface area contributed by atoms with Gasteiger partial charge < -0.3 is 10.1 Å². The summed E-state index contributed by atoms with van der Waals surface area (Å²) in [5.41, 5.74) is 1.65. The molecule has 0 atom stereocenters. The van der Waals surface area contributed by atoms with Crippen LogP contribution in [0.1, 0.15) is 18.9 Å². The zero-order chi connectivity index (χ0) is 13.4. The summed E-state index contributed by atoms with van der Waals surface area (Å²) in [6.45, 7) is 4.11. The van der Waals surface area contributed by atoms with Crippen molar-refractivity contribution in [3.63, 3.8) is 0 Å². The van der Waals surface area contributed by atoms with Gasteiger partial charge in [-0.3, -0.25) is 0 Å². The van der Waals surface area contributed by atoms with E-state index >= 15 is 0 Å². The van der Waals surface area contributed by atoms with E-state index in [1.807, 2.05) is 13.0 Å². The molecule has 0 bridgehead atoms. The van der Waals surface area contributed by atoms with Gasteiger partial charge in [0.25, 0.3) is 0 Å². The molecular weight excluding hydrogens is 236 g/mol. The maximum Gasteiger partial charge on any atom is 0.126 e. The number of rotatable bonds is 7. The lowest BCUT2D eigenvalue weighted by Crippen LogP contribution is -2.21. The second-order valence-electron chi connectivity index (χ2n) is 4.03. The molecule has 18 heavy (non-hydrogen) atoms. The summed E-state index contributed by atoms with van der Waals surface area (Å²) in [4.78, 5) is 0. The zero-order valence-corrected chi connectivity index (χ0v) is 10.8. The Morgan fingerprint density at radius 3 is 2.50 bits per heavy atom. The van der Waals surface area contributed by atoms with Crippen molar-refractivity contribution >= 4 is 6.08 Å². The quantitative estimate of drug-likeness (QED) is 0.756. The Labute approximate surface area is 107 Å². The Bertz CT molecular complexity index is 385. The molecule has 1 aromatic rings. The van der Waals surface area contributed by atoms with Gasteiger partial charge in [-0.15, -0.1) is 0 Å². The van der Waals surface area contributed by atoms with E-state index in [2.05, 4.69) is 5.32 Å². The molecule has 0 unspecified atom stereocenters. The van der Waals surface area contributed by atoms with E-state index in [9.17, 15) is 8.78 Å². The van der Waals surface area contributed by atoms with Gasteiger partial charge in [0.15, 0.2) is 0 Å². The number of halogens is 2. The van der Waals surface area contributed by atoms with Crippen LogP contribution < -0.4 is 5.32 Å². The predicted molar refractivity (Wildman–Crippen MR) is 69.4 cm³/mol. The topological polar surface area (TPSA) is 21.3 Å². The largest absolute Gasteiger partial charge is 0.383 e. The van der Waals surface area contributed by atoms with Gasteiger partial charge in [0.05, 0.1) is 6.61 Å². The summed E-state index contributed by atoms with van der Waals surface area (Å²) >= 11 is 0. The Hall–Kier alpha value is -1.26. The molecule has 0 spiro atoms. The van der Waals surface area contributed by atoms with E-state index in [1.165, 1.54) is 12.1 Å².